The van der Waals surface area contributed by atoms with Crippen LogP contribution in [0.25, 0.3) is 11.1 Å². The summed E-state index contributed by atoms with van der Waals surface area (Å²) in [6.07, 6.45) is 0.646. The lowest BCUT2D eigenvalue weighted by atomic mass is 10.0. The number of carbonyl (C=O) groups is 2. The summed E-state index contributed by atoms with van der Waals surface area (Å²) in [4.78, 5) is 23.8. The van der Waals surface area contributed by atoms with Gasteiger partial charge in [0.25, 0.3) is 5.91 Å². The van der Waals surface area contributed by atoms with Crippen molar-refractivity contribution in [1.29, 1.82) is 0 Å². The summed E-state index contributed by atoms with van der Waals surface area (Å²) >= 11 is 12.3. The fraction of sp³-hybridized carbons (Fsp3) is 0.231. The lowest BCUT2D eigenvalue weighted by molar-refractivity contribution is -0.152. The average Bonchev–Trinajstić information content (AvgIpc) is 2.80. The van der Waals surface area contributed by atoms with Crippen LogP contribution in [0.15, 0.2) is 60.7 Å². The predicted octanol–water partition coefficient (Wildman–Crippen LogP) is 5.88. The summed E-state index contributed by atoms with van der Waals surface area (Å²) in [5.74, 6) is -0.556. The Kier molecular flexibility index (Phi) is 8.07. The molecule has 0 unspecified atom stereocenters. The second-order valence-corrected chi connectivity index (χ2v) is 8.95. The molecular weight excluding hydrogens is 477 g/mol. The second-order valence-electron chi connectivity index (χ2n) is 8.11. The summed E-state index contributed by atoms with van der Waals surface area (Å²) in [6, 6.07) is 18.0. The molecule has 6 nitrogen and oxygen atoms in total. The van der Waals surface area contributed by atoms with Crippen molar-refractivity contribution < 1.29 is 24.2 Å². The van der Waals surface area contributed by atoms with E-state index in [2.05, 4.69) is 5.32 Å². The van der Waals surface area contributed by atoms with E-state index in [0.29, 0.717) is 40.1 Å². The molecule has 3 rings (SSSR count). The SMILES string of the molecule is COc1ccc(Cl)cc1C(=O)NCCc1ccc(-c2ccc(OC(C)(C)C(=O)O)c(Cl)c2)cc1. The molecule has 1 amide bonds. The van der Waals surface area contributed by atoms with Gasteiger partial charge in [0.2, 0.25) is 0 Å². The molecule has 8 heteroatoms. The van der Waals surface area contributed by atoms with Crippen LogP contribution in [0.2, 0.25) is 10.0 Å². The van der Waals surface area contributed by atoms with Gasteiger partial charge in [-0.15, -0.1) is 0 Å². The Bertz CT molecular complexity index is 1190. The highest BCUT2D eigenvalue weighted by Crippen LogP contribution is 2.33. The Hall–Kier alpha value is -3.22. The molecule has 0 spiro atoms. The number of hydrogen-bond donors (Lipinski definition) is 2. The molecule has 3 aromatic rings. The van der Waals surface area contributed by atoms with Gasteiger partial charge in [0.1, 0.15) is 11.5 Å². The van der Waals surface area contributed by atoms with Crippen LogP contribution in [0.3, 0.4) is 0 Å². The summed E-state index contributed by atoms with van der Waals surface area (Å²) in [5.41, 5.74) is 1.87. The Labute approximate surface area is 208 Å². The lowest BCUT2D eigenvalue weighted by Crippen LogP contribution is -2.37. The van der Waals surface area contributed by atoms with Gasteiger partial charge >= 0.3 is 5.97 Å². The molecule has 2 N–H and O–H groups in total. The van der Waals surface area contributed by atoms with Crippen molar-refractivity contribution in [3.63, 3.8) is 0 Å². The third kappa shape index (κ3) is 6.22. The van der Waals surface area contributed by atoms with Crippen LogP contribution >= 0.6 is 23.2 Å². The van der Waals surface area contributed by atoms with Gasteiger partial charge in [-0.05, 0) is 67.3 Å². The molecule has 0 aliphatic carbocycles. The van der Waals surface area contributed by atoms with E-state index in [1.807, 2.05) is 30.3 Å². The first-order valence-corrected chi connectivity index (χ1v) is 11.3. The van der Waals surface area contributed by atoms with E-state index < -0.39 is 11.6 Å². The van der Waals surface area contributed by atoms with Crippen LogP contribution in [0, 0.1) is 0 Å². The Balaban J connectivity index is 1.61. The molecule has 0 heterocycles. The lowest BCUT2D eigenvalue weighted by Gasteiger charge is -2.22. The highest BCUT2D eigenvalue weighted by atomic mass is 35.5. The number of aliphatic carboxylic acids is 1. The van der Waals surface area contributed by atoms with Gasteiger partial charge in [-0.1, -0.05) is 53.5 Å². The number of hydrogen-bond acceptors (Lipinski definition) is 4. The van der Waals surface area contributed by atoms with Gasteiger partial charge in [-0.2, -0.15) is 0 Å². The van der Waals surface area contributed by atoms with Crippen LogP contribution in [0.4, 0.5) is 0 Å². The smallest absolute Gasteiger partial charge is 0.347 e. The quantitative estimate of drug-likeness (QED) is 0.382. The number of ether oxygens (including phenoxy) is 2. The maximum Gasteiger partial charge on any atom is 0.347 e. The molecule has 0 saturated carbocycles. The number of amides is 1. The zero-order valence-corrected chi connectivity index (χ0v) is 20.5. The number of carbonyl (C=O) groups excluding carboxylic acids is 1. The fourth-order valence-corrected chi connectivity index (χ4v) is 3.61. The summed E-state index contributed by atoms with van der Waals surface area (Å²) < 4.78 is 10.8. The van der Waals surface area contributed by atoms with Crippen molar-refractivity contribution in [1.82, 2.24) is 5.32 Å². The second kappa shape index (κ2) is 10.8. The van der Waals surface area contributed by atoms with Crippen molar-refractivity contribution in [2.45, 2.75) is 25.9 Å². The largest absolute Gasteiger partial charge is 0.496 e. The molecule has 3 aromatic carbocycles. The molecule has 34 heavy (non-hydrogen) atoms. The van der Waals surface area contributed by atoms with Crippen molar-refractivity contribution in [2.24, 2.45) is 0 Å². The van der Waals surface area contributed by atoms with Crippen molar-refractivity contribution >= 4 is 35.1 Å². The molecule has 0 fully saturated rings. The van der Waals surface area contributed by atoms with Gasteiger partial charge in [0, 0.05) is 11.6 Å². The van der Waals surface area contributed by atoms with Crippen LogP contribution in [0.1, 0.15) is 29.8 Å². The van der Waals surface area contributed by atoms with Gasteiger partial charge in [-0.25, -0.2) is 4.79 Å². The molecule has 0 saturated heterocycles. The number of carboxylic acid groups (broad SMARTS) is 1. The summed E-state index contributed by atoms with van der Waals surface area (Å²) in [5, 5.41) is 12.9. The number of methoxy groups -OCH3 is 1. The van der Waals surface area contributed by atoms with Crippen LogP contribution < -0.4 is 14.8 Å². The molecule has 0 radical (unpaired) electrons. The van der Waals surface area contributed by atoms with Crippen LogP contribution in [0.5, 0.6) is 11.5 Å². The van der Waals surface area contributed by atoms with E-state index in [-0.39, 0.29) is 5.91 Å². The van der Waals surface area contributed by atoms with Gasteiger partial charge in [-0.3, -0.25) is 4.79 Å². The minimum absolute atomic E-state index is 0.251. The van der Waals surface area contributed by atoms with E-state index in [1.54, 1.807) is 30.3 Å². The highest BCUT2D eigenvalue weighted by Gasteiger charge is 2.30. The third-order valence-electron chi connectivity index (χ3n) is 5.20. The Morgan fingerprint density at radius 3 is 2.21 bits per heavy atom. The normalized spacial score (nSPS) is 11.1. The molecule has 0 atom stereocenters. The van der Waals surface area contributed by atoms with Crippen LogP contribution in [-0.4, -0.2) is 36.2 Å². The van der Waals surface area contributed by atoms with E-state index in [0.717, 1.165) is 16.7 Å². The monoisotopic (exact) mass is 501 g/mol. The van der Waals surface area contributed by atoms with Crippen molar-refractivity contribution in [3.8, 4) is 22.6 Å². The van der Waals surface area contributed by atoms with Crippen LogP contribution in [-0.2, 0) is 11.2 Å². The number of benzene rings is 3. The first-order valence-electron chi connectivity index (χ1n) is 10.5. The summed E-state index contributed by atoms with van der Waals surface area (Å²) in [7, 11) is 1.51. The minimum Gasteiger partial charge on any atom is -0.496 e. The van der Waals surface area contributed by atoms with E-state index >= 15 is 0 Å². The molecule has 0 aliphatic rings. The minimum atomic E-state index is -1.39. The molecule has 178 valence electrons. The van der Waals surface area contributed by atoms with Gasteiger partial charge in [0.15, 0.2) is 5.60 Å². The first kappa shape index (κ1) is 25.4. The molecule has 0 aromatic heterocycles. The standard InChI is InChI=1S/C26H25Cl2NO5/c1-26(2,25(31)32)34-23-10-8-18(14-21(23)28)17-6-4-16(5-7-17)12-13-29-24(30)20-15-19(27)9-11-22(20)33-3/h4-11,14-15H,12-13H2,1-3H3,(H,29,30)(H,31,32). The summed E-state index contributed by atoms with van der Waals surface area (Å²) in [6.45, 7) is 3.38. The third-order valence-corrected chi connectivity index (χ3v) is 5.74. The maximum absolute atomic E-state index is 12.5. The average molecular weight is 502 g/mol. The fourth-order valence-electron chi connectivity index (χ4n) is 3.22. The number of rotatable bonds is 9. The Morgan fingerprint density at radius 2 is 1.59 bits per heavy atom. The van der Waals surface area contributed by atoms with Crippen molar-refractivity contribution in [2.75, 3.05) is 13.7 Å². The van der Waals surface area contributed by atoms with Gasteiger partial charge in [0.05, 0.1) is 17.7 Å². The highest BCUT2D eigenvalue weighted by molar-refractivity contribution is 6.32. The number of nitrogens with one attached hydrogen (secondary N) is 1. The van der Waals surface area contributed by atoms with E-state index in [1.165, 1.54) is 21.0 Å². The maximum atomic E-state index is 12.5. The van der Waals surface area contributed by atoms with E-state index in [4.69, 9.17) is 32.7 Å². The Morgan fingerprint density at radius 1 is 0.941 bits per heavy atom. The zero-order valence-electron chi connectivity index (χ0n) is 19.0. The predicted molar refractivity (Wildman–Crippen MR) is 133 cm³/mol. The van der Waals surface area contributed by atoms with Gasteiger partial charge < -0.3 is 19.9 Å². The number of halogens is 2. The molecule has 0 aliphatic heterocycles. The number of carboxylic acids is 1. The van der Waals surface area contributed by atoms with E-state index in [9.17, 15) is 14.7 Å². The molecule has 0 bridgehead atoms. The topological polar surface area (TPSA) is 84.9 Å². The zero-order chi connectivity index (χ0) is 24.9. The van der Waals surface area contributed by atoms with Crippen molar-refractivity contribution in [3.05, 3.63) is 81.8 Å². The first-order chi connectivity index (χ1) is 16.1. The molecular formula is C26H25Cl2NO5.